The van der Waals surface area contributed by atoms with Crippen LogP contribution in [0, 0.1) is 0 Å². The Morgan fingerprint density at radius 1 is 1.38 bits per heavy atom. The van der Waals surface area contributed by atoms with Gasteiger partial charge in [-0.05, 0) is 24.5 Å². The fraction of sp³-hybridized carbons (Fsp3) is 0.526. The number of imidazole rings is 1. The minimum atomic E-state index is -0.599. The van der Waals surface area contributed by atoms with E-state index in [1.807, 2.05) is 35.3 Å². The molecule has 2 unspecified atom stereocenters. The molecule has 2 atom stereocenters. The van der Waals surface area contributed by atoms with E-state index in [4.69, 9.17) is 21.1 Å². The molecule has 3 rings (SSSR count). The van der Waals surface area contributed by atoms with Crippen LogP contribution in [0.15, 0.2) is 43.0 Å². The lowest BCUT2D eigenvalue weighted by Gasteiger charge is -2.29. The fourth-order valence-electron chi connectivity index (χ4n) is 3.17. The summed E-state index contributed by atoms with van der Waals surface area (Å²) >= 11 is 6.30. The zero-order valence-corrected chi connectivity index (χ0v) is 14.9. The van der Waals surface area contributed by atoms with Gasteiger partial charge in [0.2, 0.25) is 0 Å². The van der Waals surface area contributed by atoms with Crippen molar-refractivity contribution >= 4 is 11.6 Å². The van der Waals surface area contributed by atoms with Crippen molar-refractivity contribution in [3.63, 3.8) is 0 Å². The van der Waals surface area contributed by atoms with Crippen LogP contribution in [0.4, 0.5) is 0 Å². The third-order valence-corrected chi connectivity index (χ3v) is 4.88. The van der Waals surface area contributed by atoms with E-state index in [9.17, 15) is 0 Å². The number of aryl methyl sites for hydroxylation is 1. The average molecular weight is 349 g/mol. The number of rotatable bonds is 8. The lowest BCUT2D eigenvalue weighted by molar-refractivity contribution is -0.182. The number of halogens is 1. The van der Waals surface area contributed by atoms with Gasteiger partial charge in [0.15, 0.2) is 5.79 Å². The average Bonchev–Trinajstić information content (AvgIpc) is 3.23. The van der Waals surface area contributed by atoms with Crippen LogP contribution >= 0.6 is 11.6 Å². The number of benzene rings is 1. The van der Waals surface area contributed by atoms with Crippen LogP contribution in [0.1, 0.15) is 38.2 Å². The molecule has 0 radical (unpaired) electrons. The number of nitrogens with zero attached hydrogens (tertiary/aromatic N) is 2. The molecule has 1 aliphatic heterocycles. The first kappa shape index (κ1) is 17.5. The van der Waals surface area contributed by atoms with Crippen molar-refractivity contribution in [3.8, 4) is 0 Å². The first-order valence-corrected chi connectivity index (χ1v) is 9.09. The van der Waals surface area contributed by atoms with Gasteiger partial charge in [0.1, 0.15) is 0 Å². The summed E-state index contributed by atoms with van der Waals surface area (Å²) in [5.74, 6) is -0.599. The highest BCUT2D eigenvalue weighted by Crippen LogP contribution is 2.33. The summed E-state index contributed by atoms with van der Waals surface area (Å²) in [5, 5.41) is 0.802. The van der Waals surface area contributed by atoms with E-state index in [2.05, 4.69) is 18.0 Å². The van der Waals surface area contributed by atoms with Crippen molar-refractivity contribution in [2.24, 2.45) is 0 Å². The third-order valence-electron chi connectivity index (χ3n) is 4.51. The first-order chi connectivity index (χ1) is 11.7. The molecule has 5 heteroatoms. The van der Waals surface area contributed by atoms with Crippen molar-refractivity contribution in [2.45, 2.75) is 57.5 Å². The number of aromatic nitrogens is 2. The minimum Gasteiger partial charge on any atom is -0.345 e. The topological polar surface area (TPSA) is 36.3 Å². The van der Waals surface area contributed by atoms with Gasteiger partial charge in [-0.3, -0.25) is 0 Å². The molecular formula is C19H25ClN2O2. The standard InChI is InChI=1S/C19H25ClN2O2/c1-2-3-7-17-13-23-19(24-17,14-22-12-11-21-15-22)10-9-16-6-4-5-8-18(16)20/h4-6,8,11-12,15,17H,2-3,7,9-10,13-14H2,1H3. The Labute approximate surface area is 148 Å². The molecule has 24 heavy (non-hydrogen) atoms. The Bertz CT molecular complexity index is 632. The molecule has 2 aromatic rings. The van der Waals surface area contributed by atoms with Crippen molar-refractivity contribution in [2.75, 3.05) is 6.61 Å². The van der Waals surface area contributed by atoms with Gasteiger partial charge >= 0.3 is 0 Å². The maximum Gasteiger partial charge on any atom is 0.187 e. The number of ether oxygens (including phenoxy) is 2. The van der Waals surface area contributed by atoms with Gasteiger partial charge < -0.3 is 14.0 Å². The lowest BCUT2D eigenvalue weighted by atomic mass is 10.0. The minimum absolute atomic E-state index is 0.180. The van der Waals surface area contributed by atoms with Gasteiger partial charge in [0, 0.05) is 23.8 Å². The summed E-state index contributed by atoms with van der Waals surface area (Å²) in [6.07, 6.45) is 10.7. The van der Waals surface area contributed by atoms with Gasteiger partial charge in [0.25, 0.3) is 0 Å². The molecule has 1 aromatic heterocycles. The highest BCUT2D eigenvalue weighted by Gasteiger charge is 2.41. The number of hydrogen-bond acceptors (Lipinski definition) is 3. The molecule has 1 aromatic carbocycles. The molecule has 0 bridgehead atoms. The van der Waals surface area contributed by atoms with Crippen molar-refractivity contribution in [1.82, 2.24) is 9.55 Å². The maximum absolute atomic E-state index is 6.37. The highest BCUT2D eigenvalue weighted by molar-refractivity contribution is 6.31. The van der Waals surface area contributed by atoms with E-state index in [-0.39, 0.29) is 6.10 Å². The molecule has 0 N–H and O–H groups in total. The molecule has 1 fully saturated rings. The van der Waals surface area contributed by atoms with Crippen molar-refractivity contribution in [3.05, 3.63) is 53.6 Å². The van der Waals surface area contributed by atoms with E-state index in [1.165, 1.54) is 12.8 Å². The van der Waals surface area contributed by atoms with Crippen molar-refractivity contribution < 1.29 is 9.47 Å². The molecule has 0 spiro atoms. The van der Waals surface area contributed by atoms with E-state index in [0.29, 0.717) is 13.2 Å². The normalized spacial score (nSPS) is 23.7. The Morgan fingerprint density at radius 3 is 3.00 bits per heavy atom. The summed E-state index contributed by atoms with van der Waals surface area (Å²) in [6, 6.07) is 7.97. The summed E-state index contributed by atoms with van der Waals surface area (Å²) in [5.41, 5.74) is 1.13. The fourth-order valence-corrected chi connectivity index (χ4v) is 3.40. The number of unbranched alkanes of at least 4 members (excludes halogenated alkanes) is 1. The Kier molecular flexibility index (Phi) is 5.93. The van der Waals surface area contributed by atoms with Crippen LogP contribution in [0.2, 0.25) is 5.02 Å². The Balaban J connectivity index is 1.69. The van der Waals surface area contributed by atoms with Gasteiger partial charge in [-0.1, -0.05) is 49.6 Å². The van der Waals surface area contributed by atoms with Crippen LogP contribution in [-0.4, -0.2) is 28.0 Å². The predicted octanol–water partition coefficient (Wildman–Crippen LogP) is 4.47. The van der Waals surface area contributed by atoms with Gasteiger partial charge in [-0.2, -0.15) is 0 Å². The number of hydrogen-bond donors (Lipinski definition) is 0. The third kappa shape index (κ3) is 4.38. The van der Waals surface area contributed by atoms with Crippen LogP contribution in [0.25, 0.3) is 0 Å². The van der Waals surface area contributed by atoms with Gasteiger partial charge in [-0.15, -0.1) is 0 Å². The molecule has 0 saturated carbocycles. The van der Waals surface area contributed by atoms with E-state index >= 15 is 0 Å². The smallest absolute Gasteiger partial charge is 0.187 e. The Morgan fingerprint density at radius 2 is 2.25 bits per heavy atom. The maximum atomic E-state index is 6.37. The van der Waals surface area contributed by atoms with Crippen LogP contribution in [-0.2, 0) is 22.4 Å². The predicted molar refractivity (Wildman–Crippen MR) is 95.1 cm³/mol. The molecule has 1 saturated heterocycles. The van der Waals surface area contributed by atoms with Crippen LogP contribution in [0.3, 0.4) is 0 Å². The largest absolute Gasteiger partial charge is 0.345 e. The quantitative estimate of drug-likeness (QED) is 0.706. The van der Waals surface area contributed by atoms with E-state index in [1.54, 1.807) is 6.20 Å². The molecule has 1 aliphatic rings. The van der Waals surface area contributed by atoms with Gasteiger partial charge in [-0.25, -0.2) is 4.98 Å². The molecule has 130 valence electrons. The molecule has 4 nitrogen and oxygen atoms in total. The monoisotopic (exact) mass is 348 g/mol. The Hall–Kier alpha value is -1.36. The zero-order valence-electron chi connectivity index (χ0n) is 14.2. The highest BCUT2D eigenvalue weighted by atomic mass is 35.5. The SMILES string of the molecule is CCCCC1COC(CCc2ccccc2Cl)(Cn2ccnc2)O1. The summed E-state index contributed by atoms with van der Waals surface area (Å²) in [7, 11) is 0. The van der Waals surface area contributed by atoms with E-state index < -0.39 is 5.79 Å². The van der Waals surface area contributed by atoms with Crippen molar-refractivity contribution in [1.29, 1.82) is 0 Å². The van der Waals surface area contributed by atoms with Crippen LogP contribution in [0.5, 0.6) is 0 Å². The first-order valence-electron chi connectivity index (χ1n) is 8.72. The van der Waals surface area contributed by atoms with Crippen LogP contribution < -0.4 is 0 Å². The molecular weight excluding hydrogens is 324 g/mol. The second-order valence-electron chi connectivity index (χ2n) is 6.43. The van der Waals surface area contributed by atoms with Gasteiger partial charge in [0.05, 0.1) is 25.6 Å². The molecule has 0 aliphatic carbocycles. The lowest BCUT2D eigenvalue weighted by Crippen LogP contribution is -2.36. The van der Waals surface area contributed by atoms with E-state index in [0.717, 1.165) is 29.8 Å². The summed E-state index contributed by atoms with van der Waals surface area (Å²) < 4.78 is 14.6. The summed E-state index contributed by atoms with van der Waals surface area (Å²) in [4.78, 5) is 4.13. The summed E-state index contributed by atoms with van der Waals surface area (Å²) in [6.45, 7) is 3.52. The molecule has 0 amide bonds. The second-order valence-corrected chi connectivity index (χ2v) is 6.84. The zero-order chi connectivity index (χ0) is 16.8. The molecule has 2 heterocycles. The second kappa shape index (κ2) is 8.15.